The maximum Gasteiger partial charge on any atom is 0.312 e. The molecule has 2 aromatic rings. The van der Waals surface area contributed by atoms with E-state index < -0.39 is 12.1 Å². The van der Waals surface area contributed by atoms with Gasteiger partial charge < -0.3 is 26.4 Å². The van der Waals surface area contributed by atoms with Crippen LogP contribution in [-0.4, -0.2) is 31.6 Å². The molecule has 0 spiro atoms. The number of urea groups is 1. The maximum absolute atomic E-state index is 12.2. The molecule has 0 saturated carbocycles. The fraction of sp³-hybridized carbons (Fsp3) is 0.300. The van der Waals surface area contributed by atoms with Crippen LogP contribution >= 0.6 is 12.4 Å². The molecule has 0 aliphatic carbocycles. The minimum Gasteiger partial charge on any atom is -0.457 e. The van der Waals surface area contributed by atoms with Crippen molar-refractivity contribution in [3.8, 4) is 11.5 Å². The van der Waals surface area contributed by atoms with Crippen LogP contribution in [0.4, 0.5) is 4.79 Å². The van der Waals surface area contributed by atoms with Crippen LogP contribution in [0.1, 0.15) is 24.9 Å². The van der Waals surface area contributed by atoms with Crippen molar-refractivity contribution in [2.24, 2.45) is 5.73 Å². The summed E-state index contributed by atoms with van der Waals surface area (Å²) in [5, 5.41) is 8.51. The van der Waals surface area contributed by atoms with Crippen LogP contribution in [0, 0.1) is 0 Å². The Morgan fingerprint density at radius 3 is 2.39 bits per heavy atom. The molecular weight excluding hydrogens is 380 g/mol. The summed E-state index contributed by atoms with van der Waals surface area (Å²) in [6.07, 6.45) is 0.0775. The number of benzene rings is 2. The molecule has 2 unspecified atom stereocenters. The molecule has 5 N–H and O–H groups in total. The molecule has 152 valence electrons. The first-order valence-corrected chi connectivity index (χ1v) is 8.80. The molecule has 2 rings (SSSR count). The number of rotatable bonds is 9. The molecular formula is C20H27ClN4O3. The smallest absolute Gasteiger partial charge is 0.312 e. The molecule has 0 saturated heterocycles. The summed E-state index contributed by atoms with van der Waals surface area (Å²) in [4.78, 5) is 23.6. The normalized spacial score (nSPS) is 12.2. The summed E-state index contributed by atoms with van der Waals surface area (Å²) < 4.78 is 5.82. The second kappa shape index (κ2) is 11.8. The molecule has 2 aromatic carbocycles. The van der Waals surface area contributed by atoms with Gasteiger partial charge in [-0.05, 0) is 43.8 Å². The van der Waals surface area contributed by atoms with Crippen LogP contribution in [0.5, 0.6) is 11.5 Å². The average Bonchev–Trinajstić information content (AvgIpc) is 2.66. The number of ether oxygens (including phenoxy) is 1. The van der Waals surface area contributed by atoms with Gasteiger partial charge >= 0.3 is 6.03 Å². The molecule has 28 heavy (non-hydrogen) atoms. The van der Waals surface area contributed by atoms with E-state index in [0.29, 0.717) is 18.0 Å². The highest BCUT2D eigenvalue weighted by Crippen LogP contribution is 2.25. The zero-order valence-corrected chi connectivity index (χ0v) is 16.8. The number of nitrogens with one attached hydrogen (secondary N) is 3. The van der Waals surface area contributed by atoms with E-state index in [1.54, 1.807) is 6.07 Å². The van der Waals surface area contributed by atoms with Crippen LogP contribution in [0.15, 0.2) is 54.6 Å². The average molecular weight is 407 g/mol. The van der Waals surface area contributed by atoms with E-state index in [-0.39, 0.29) is 30.8 Å². The van der Waals surface area contributed by atoms with Gasteiger partial charge in [0, 0.05) is 12.6 Å². The van der Waals surface area contributed by atoms with Crippen molar-refractivity contribution in [3.05, 3.63) is 60.2 Å². The topological polar surface area (TPSA) is 105 Å². The fourth-order valence-electron chi connectivity index (χ4n) is 2.47. The molecule has 7 nitrogen and oxygen atoms in total. The van der Waals surface area contributed by atoms with Crippen LogP contribution in [0.2, 0.25) is 0 Å². The fourth-order valence-corrected chi connectivity index (χ4v) is 2.47. The number of nitrogens with two attached hydrogens (primary N) is 1. The number of halogens is 1. The number of para-hydroxylation sites is 1. The number of carbonyl (C=O) groups excluding carboxylic acids is 2. The zero-order chi connectivity index (χ0) is 19.6. The molecule has 0 radical (unpaired) electrons. The van der Waals surface area contributed by atoms with Crippen LogP contribution in [0.25, 0.3) is 0 Å². The SMILES string of the molecule is CNC(C)CNC(=O)CC(NC(N)=O)c1cccc(Oc2ccccc2)c1.Cl. The van der Waals surface area contributed by atoms with E-state index in [4.69, 9.17) is 10.5 Å². The molecule has 8 heteroatoms. The lowest BCUT2D eigenvalue weighted by molar-refractivity contribution is -0.121. The number of carbonyl (C=O) groups is 2. The lowest BCUT2D eigenvalue weighted by Gasteiger charge is -2.19. The maximum atomic E-state index is 12.2. The molecule has 0 aliphatic rings. The minimum absolute atomic E-state index is 0. The van der Waals surface area contributed by atoms with Crippen LogP contribution in [0.3, 0.4) is 0 Å². The first-order valence-electron chi connectivity index (χ1n) is 8.80. The van der Waals surface area contributed by atoms with Crippen molar-refractivity contribution in [2.45, 2.75) is 25.4 Å². The highest BCUT2D eigenvalue weighted by Gasteiger charge is 2.18. The molecule has 2 atom stereocenters. The van der Waals surface area contributed by atoms with Gasteiger partial charge in [0.1, 0.15) is 11.5 Å². The monoisotopic (exact) mass is 406 g/mol. The van der Waals surface area contributed by atoms with Crippen molar-refractivity contribution in [3.63, 3.8) is 0 Å². The third-order valence-electron chi connectivity index (χ3n) is 4.04. The van der Waals surface area contributed by atoms with Crippen molar-refractivity contribution in [1.29, 1.82) is 0 Å². The summed E-state index contributed by atoms with van der Waals surface area (Å²) in [6, 6.07) is 15.5. The summed E-state index contributed by atoms with van der Waals surface area (Å²) >= 11 is 0. The predicted octanol–water partition coefficient (Wildman–Crippen LogP) is 2.72. The first-order chi connectivity index (χ1) is 13.0. The quantitative estimate of drug-likeness (QED) is 0.513. The molecule has 0 heterocycles. The van der Waals surface area contributed by atoms with Crippen molar-refractivity contribution in [2.75, 3.05) is 13.6 Å². The summed E-state index contributed by atoms with van der Waals surface area (Å²) in [7, 11) is 1.83. The lowest BCUT2D eigenvalue weighted by atomic mass is 10.0. The van der Waals surface area contributed by atoms with Gasteiger partial charge in [0.15, 0.2) is 0 Å². The summed E-state index contributed by atoms with van der Waals surface area (Å²) in [6.45, 7) is 2.46. The van der Waals surface area contributed by atoms with Crippen LogP contribution in [-0.2, 0) is 4.79 Å². The Hall–Kier alpha value is -2.77. The minimum atomic E-state index is -0.689. The summed E-state index contributed by atoms with van der Waals surface area (Å²) in [5.41, 5.74) is 6.02. The van der Waals surface area contributed by atoms with Gasteiger partial charge in [-0.25, -0.2) is 4.79 Å². The number of amides is 3. The third-order valence-corrected chi connectivity index (χ3v) is 4.04. The number of hydrogen-bond donors (Lipinski definition) is 4. The number of primary amides is 1. The van der Waals surface area contributed by atoms with E-state index in [1.807, 2.05) is 62.5 Å². The van der Waals surface area contributed by atoms with Crippen molar-refractivity contribution in [1.82, 2.24) is 16.0 Å². The van der Waals surface area contributed by atoms with Gasteiger partial charge in [0.2, 0.25) is 5.91 Å². The summed E-state index contributed by atoms with van der Waals surface area (Å²) in [5.74, 6) is 1.14. The zero-order valence-electron chi connectivity index (χ0n) is 16.0. The van der Waals surface area contributed by atoms with Gasteiger partial charge in [-0.3, -0.25) is 4.79 Å². The Morgan fingerprint density at radius 1 is 1.07 bits per heavy atom. The Bertz CT molecular complexity index is 758. The second-order valence-electron chi connectivity index (χ2n) is 6.25. The highest BCUT2D eigenvalue weighted by atomic mass is 35.5. The molecule has 0 fully saturated rings. The van der Waals surface area contributed by atoms with E-state index in [2.05, 4.69) is 16.0 Å². The van der Waals surface area contributed by atoms with E-state index in [0.717, 1.165) is 5.56 Å². The van der Waals surface area contributed by atoms with Gasteiger partial charge in [-0.2, -0.15) is 0 Å². The largest absolute Gasteiger partial charge is 0.457 e. The van der Waals surface area contributed by atoms with Gasteiger partial charge in [0.25, 0.3) is 0 Å². The molecule has 3 amide bonds. The third kappa shape index (κ3) is 7.85. The standard InChI is InChI=1S/C20H26N4O3.ClH/c1-14(22-2)13-23-19(25)12-18(24-20(21)26)15-7-6-10-17(11-15)27-16-8-4-3-5-9-16;/h3-11,14,18,22H,12-13H2,1-2H3,(H,23,25)(H3,21,24,26);1H. The van der Waals surface area contributed by atoms with Gasteiger partial charge in [-0.15, -0.1) is 12.4 Å². The Kier molecular flexibility index (Phi) is 9.84. The first kappa shape index (κ1) is 23.3. The Balaban J connectivity index is 0.00000392. The Labute approximate surface area is 171 Å². The Morgan fingerprint density at radius 2 is 1.75 bits per heavy atom. The van der Waals surface area contributed by atoms with Crippen molar-refractivity contribution < 1.29 is 14.3 Å². The van der Waals surface area contributed by atoms with Crippen molar-refractivity contribution >= 4 is 24.3 Å². The molecule has 0 aliphatic heterocycles. The number of likely N-dealkylation sites (N-methyl/N-ethyl adjacent to an activating group) is 1. The van der Waals surface area contributed by atoms with Gasteiger partial charge in [0.05, 0.1) is 12.5 Å². The number of hydrogen-bond acceptors (Lipinski definition) is 4. The molecule has 0 bridgehead atoms. The highest BCUT2D eigenvalue weighted by molar-refractivity contribution is 5.85. The van der Waals surface area contributed by atoms with E-state index >= 15 is 0 Å². The van der Waals surface area contributed by atoms with Gasteiger partial charge in [-0.1, -0.05) is 30.3 Å². The van der Waals surface area contributed by atoms with E-state index in [9.17, 15) is 9.59 Å². The second-order valence-corrected chi connectivity index (χ2v) is 6.25. The molecule has 0 aromatic heterocycles. The predicted molar refractivity (Wildman–Crippen MR) is 112 cm³/mol. The van der Waals surface area contributed by atoms with E-state index in [1.165, 1.54) is 0 Å². The lowest BCUT2D eigenvalue weighted by Crippen LogP contribution is -2.40. The van der Waals surface area contributed by atoms with Crippen LogP contribution < -0.4 is 26.4 Å².